The molecule has 0 aliphatic heterocycles. The second-order valence-corrected chi connectivity index (χ2v) is 19.2. The third kappa shape index (κ3) is 58.2. The summed E-state index contributed by atoms with van der Waals surface area (Å²) in [5.41, 5.74) is 0. The first-order valence-corrected chi connectivity index (χ1v) is 29.8. The number of carbonyl (C=O) groups excluding carboxylic acids is 3. The summed E-state index contributed by atoms with van der Waals surface area (Å²) in [4.78, 5) is 37.9. The van der Waals surface area contributed by atoms with Crippen LogP contribution in [0.25, 0.3) is 0 Å². The fourth-order valence-corrected chi connectivity index (χ4v) is 7.73. The van der Waals surface area contributed by atoms with E-state index in [1.165, 1.54) is 89.9 Å². The van der Waals surface area contributed by atoms with Crippen LogP contribution in [0.1, 0.15) is 245 Å². The average Bonchev–Trinajstić information content (AvgIpc) is 3.40. The lowest BCUT2D eigenvalue weighted by Gasteiger charge is -2.18. The molecule has 0 radical (unpaired) electrons. The molecular formula is C68H108O6. The average molecular weight is 1020 g/mol. The molecule has 1 unspecified atom stereocenters. The Balaban J connectivity index is 4.20. The molecule has 0 saturated carbocycles. The van der Waals surface area contributed by atoms with E-state index in [-0.39, 0.29) is 31.6 Å². The third-order valence-electron chi connectivity index (χ3n) is 12.1. The van der Waals surface area contributed by atoms with Crippen LogP contribution >= 0.6 is 0 Å². The molecule has 0 aromatic heterocycles. The van der Waals surface area contributed by atoms with Gasteiger partial charge in [-0.05, 0) is 103 Å². The quantitative estimate of drug-likeness (QED) is 0.0261. The third-order valence-corrected chi connectivity index (χ3v) is 12.1. The predicted octanol–water partition coefficient (Wildman–Crippen LogP) is 20.4. The molecule has 0 saturated heterocycles. The first-order chi connectivity index (χ1) is 36.5. The topological polar surface area (TPSA) is 78.9 Å². The fraction of sp³-hybridized carbons (Fsp3) is 0.603. The highest BCUT2D eigenvalue weighted by molar-refractivity contribution is 5.72. The highest BCUT2D eigenvalue weighted by atomic mass is 16.6. The van der Waals surface area contributed by atoms with E-state index in [0.717, 1.165) is 116 Å². The lowest BCUT2D eigenvalue weighted by atomic mass is 10.0. The van der Waals surface area contributed by atoms with Gasteiger partial charge in [0.1, 0.15) is 13.2 Å². The van der Waals surface area contributed by atoms with E-state index in [4.69, 9.17) is 14.2 Å². The molecule has 0 aromatic carbocycles. The van der Waals surface area contributed by atoms with E-state index in [1.807, 2.05) is 6.08 Å². The molecule has 1 atom stereocenters. The summed E-state index contributed by atoms with van der Waals surface area (Å²) in [7, 11) is 0. The molecular weight excluding hydrogens is 913 g/mol. The van der Waals surface area contributed by atoms with Crippen LogP contribution in [0, 0.1) is 0 Å². The zero-order chi connectivity index (χ0) is 53.6. The van der Waals surface area contributed by atoms with Crippen molar-refractivity contribution >= 4 is 17.9 Å². The van der Waals surface area contributed by atoms with Gasteiger partial charge in [-0.2, -0.15) is 0 Å². The van der Waals surface area contributed by atoms with Crippen molar-refractivity contribution in [2.45, 2.75) is 252 Å². The van der Waals surface area contributed by atoms with E-state index in [9.17, 15) is 14.4 Å². The van der Waals surface area contributed by atoms with E-state index < -0.39 is 12.1 Å². The van der Waals surface area contributed by atoms with Crippen LogP contribution in [0.2, 0.25) is 0 Å². The van der Waals surface area contributed by atoms with Gasteiger partial charge >= 0.3 is 17.9 Å². The maximum atomic E-state index is 12.7. The summed E-state index contributed by atoms with van der Waals surface area (Å²) in [5.74, 6) is -1.06. The monoisotopic (exact) mass is 1020 g/mol. The van der Waals surface area contributed by atoms with E-state index in [2.05, 4.69) is 154 Å². The van der Waals surface area contributed by atoms with Crippen molar-refractivity contribution in [1.29, 1.82) is 0 Å². The Morgan fingerprint density at radius 2 is 0.568 bits per heavy atom. The van der Waals surface area contributed by atoms with Crippen LogP contribution in [0.3, 0.4) is 0 Å². The minimum absolute atomic E-state index is 0.0926. The van der Waals surface area contributed by atoms with Crippen LogP contribution < -0.4 is 0 Å². The second kappa shape index (κ2) is 60.8. The standard InChI is InChI=1S/C68H108O6/c1-4-7-10-13-16-19-21-23-25-26-27-28-29-30-31-32-33-34-35-36-37-38-39-40-41-42-44-45-47-49-52-55-58-61-67(70)73-64-65(63-72-66(69)60-57-54-51-18-15-12-9-6-3)74-68(71)62-59-56-53-50-48-46-43-24-22-20-17-14-11-8-5-2/h7-8,10-11,16-17,19-20,23-25,27-28,30-31,33-34,36-37,43,48,50,56,59,65H,4-6,9,12-15,18,21-22,26,29,32,35,38-42,44-47,49,51-55,57-58,60-64H2,1-3H3/b10-7-,11-8-,19-16-,20-17-,25-23-,28-27-,31-30-,34-33-,37-36-,43-24-,50-48-,59-56-. The van der Waals surface area contributed by atoms with Crippen molar-refractivity contribution in [2.24, 2.45) is 0 Å². The van der Waals surface area contributed by atoms with Crippen molar-refractivity contribution in [3.8, 4) is 0 Å². The molecule has 0 aliphatic rings. The number of esters is 3. The zero-order valence-electron chi connectivity index (χ0n) is 47.5. The second-order valence-electron chi connectivity index (χ2n) is 19.2. The zero-order valence-corrected chi connectivity index (χ0v) is 47.5. The van der Waals surface area contributed by atoms with Crippen LogP contribution in [-0.4, -0.2) is 37.2 Å². The Morgan fingerprint density at radius 3 is 0.892 bits per heavy atom. The first-order valence-electron chi connectivity index (χ1n) is 29.8. The molecule has 6 nitrogen and oxygen atoms in total. The van der Waals surface area contributed by atoms with Crippen LogP contribution in [-0.2, 0) is 28.6 Å². The molecule has 0 aliphatic carbocycles. The highest BCUT2D eigenvalue weighted by Crippen LogP contribution is 2.14. The number of ether oxygens (including phenoxy) is 3. The van der Waals surface area contributed by atoms with Crippen molar-refractivity contribution in [2.75, 3.05) is 13.2 Å². The summed E-state index contributed by atoms with van der Waals surface area (Å²) in [6.07, 6.45) is 87.5. The molecule has 0 rings (SSSR count). The summed E-state index contributed by atoms with van der Waals surface area (Å²) < 4.78 is 16.7. The number of hydrogen-bond donors (Lipinski definition) is 0. The molecule has 0 N–H and O–H groups in total. The first kappa shape index (κ1) is 69.3. The summed E-state index contributed by atoms with van der Waals surface area (Å²) in [5, 5.41) is 0. The van der Waals surface area contributed by atoms with Gasteiger partial charge in [-0.25, -0.2) is 0 Å². The molecule has 6 heteroatoms. The van der Waals surface area contributed by atoms with E-state index >= 15 is 0 Å². The predicted molar refractivity (Wildman–Crippen MR) is 320 cm³/mol. The fourth-order valence-electron chi connectivity index (χ4n) is 7.73. The smallest absolute Gasteiger partial charge is 0.310 e. The molecule has 0 bridgehead atoms. The number of allylic oxidation sites excluding steroid dienone is 23. The lowest BCUT2D eigenvalue weighted by Crippen LogP contribution is -2.30. The van der Waals surface area contributed by atoms with Crippen LogP contribution in [0.5, 0.6) is 0 Å². The number of carbonyl (C=O) groups is 3. The Morgan fingerprint density at radius 1 is 0.297 bits per heavy atom. The normalized spacial score (nSPS) is 13.2. The largest absolute Gasteiger partial charge is 0.462 e. The van der Waals surface area contributed by atoms with Crippen LogP contribution in [0.4, 0.5) is 0 Å². The van der Waals surface area contributed by atoms with Gasteiger partial charge in [0.25, 0.3) is 0 Å². The number of hydrogen-bond acceptors (Lipinski definition) is 6. The SMILES string of the molecule is CC/C=C\C/C=C\C/C=C\C/C=C\C/C=C\C/C=C\C/C=C\CCCCCCCCCCCCCC(=O)OCC(COC(=O)CCCCCCCCCC)OC(=O)C/C=C\C/C=C\C/C=C\C/C=C\C/C=C\CC. The van der Waals surface area contributed by atoms with Crippen molar-refractivity contribution < 1.29 is 28.6 Å². The Labute approximate surface area is 455 Å². The Kier molecular flexibility index (Phi) is 57.0. The molecule has 74 heavy (non-hydrogen) atoms. The van der Waals surface area contributed by atoms with Gasteiger partial charge in [0.15, 0.2) is 6.10 Å². The lowest BCUT2D eigenvalue weighted by molar-refractivity contribution is -0.166. The number of unbranched alkanes of at least 4 members (excludes halogenated alkanes) is 18. The molecule has 0 fully saturated rings. The molecule has 0 heterocycles. The van der Waals surface area contributed by atoms with Crippen LogP contribution in [0.15, 0.2) is 146 Å². The van der Waals surface area contributed by atoms with Crippen molar-refractivity contribution in [3.05, 3.63) is 146 Å². The molecule has 416 valence electrons. The minimum atomic E-state index is -0.835. The minimum Gasteiger partial charge on any atom is -0.462 e. The maximum Gasteiger partial charge on any atom is 0.310 e. The van der Waals surface area contributed by atoms with Crippen molar-refractivity contribution in [3.63, 3.8) is 0 Å². The van der Waals surface area contributed by atoms with Gasteiger partial charge in [0.2, 0.25) is 0 Å². The summed E-state index contributed by atoms with van der Waals surface area (Å²) in [6, 6.07) is 0. The molecule has 0 amide bonds. The molecule has 0 spiro atoms. The van der Waals surface area contributed by atoms with E-state index in [0.29, 0.717) is 12.8 Å². The number of rotatable bonds is 52. The van der Waals surface area contributed by atoms with Gasteiger partial charge in [0.05, 0.1) is 6.42 Å². The van der Waals surface area contributed by atoms with Gasteiger partial charge in [-0.1, -0.05) is 269 Å². The summed E-state index contributed by atoms with van der Waals surface area (Å²) >= 11 is 0. The van der Waals surface area contributed by atoms with Gasteiger partial charge in [0, 0.05) is 12.8 Å². The van der Waals surface area contributed by atoms with Gasteiger partial charge in [-0.15, -0.1) is 0 Å². The Hall–Kier alpha value is -4.71. The maximum absolute atomic E-state index is 12.7. The molecule has 0 aromatic rings. The van der Waals surface area contributed by atoms with E-state index in [1.54, 1.807) is 6.08 Å². The Bertz CT molecular complexity index is 1640. The van der Waals surface area contributed by atoms with Gasteiger partial charge in [-0.3, -0.25) is 14.4 Å². The highest BCUT2D eigenvalue weighted by Gasteiger charge is 2.19. The van der Waals surface area contributed by atoms with Gasteiger partial charge < -0.3 is 14.2 Å². The van der Waals surface area contributed by atoms with Crippen molar-refractivity contribution in [1.82, 2.24) is 0 Å². The summed E-state index contributed by atoms with van der Waals surface area (Å²) in [6.45, 7) is 6.28.